The lowest BCUT2D eigenvalue weighted by atomic mass is 10.2. The Morgan fingerprint density at radius 3 is 2.29 bits per heavy atom. The maximum atomic E-state index is 11.7. The molecule has 1 rings (SSSR count). The molecular weight excluding hydrogens is 216 g/mol. The molecule has 0 fully saturated rings. The highest BCUT2D eigenvalue weighted by Gasteiger charge is 2.13. The molecule has 78 valence electrons. The normalized spacial score (nSPS) is 11.6. The van der Waals surface area contributed by atoms with Crippen LogP contribution in [-0.4, -0.2) is 14.2 Å². The van der Waals surface area contributed by atoms with E-state index in [4.69, 9.17) is 0 Å². The second kappa shape index (κ2) is 4.84. The molecular formula is C10H14O2S2. The van der Waals surface area contributed by atoms with Gasteiger partial charge in [-0.1, -0.05) is 24.6 Å². The van der Waals surface area contributed by atoms with Crippen LogP contribution in [0.4, 0.5) is 0 Å². The first-order valence-electron chi connectivity index (χ1n) is 4.52. The van der Waals surface area contributed by atoms with Gasteiger partial charge in [0.25, 0.3) is 0 Å². The summed E-state index contributed by atoms with van der Waals surface area (Å²) in [5, 5.41) is 0. The smallest absolute Gasteiger partial charge is 0.212 e. The average molecular weight is 230 g/mol. The van der Waals surface area contributed by atoms with Crippen LogP contribution in [0.5, 0.6) is 0 Å². The highest BCUT2D eigenvalue weighted by atomic mass is 33.1. The highest BCUT2D eigenvalue weighted by Crippen LogP contribution is 2.23. The largest absolute Gasteiger partial charge is 0.229 e. The van der Waals surface area contributed by atoms with Crippen LogP contribution in [0.3, 0.4) is 0 Å². The first-order valence-corrected chi connectivity index (χ1v) is 7.51. The summed E-state index contributed by atoms with van der Waals surface area (Å²) >= 11 is 0. The van der Waals surface area contributed by atoms with Crippen molar-refractivity contribution in [2.45, 2.75) is 25.2 Å². The summed E-state index contributed by atoms with van der Waals surface area (Å²) in [7, 11) is -2.11. The number of hydrogen-bond acceptors (Lipinski definition) is 3. The van der Waals surface area contributed by atoms with Gasteiger partial charge < -0.3 is 0 Å². The van der Waals surface area contributed by atoms with Crippen molar-refractivity contribution < 1.29 is 8.42 Å². The molecule has 0 N–H and O–H groups in total. The first kappa shape index (κ1) is 11.6. The van der Waals surface area contributed by atoms with Crippen LogP contribution >= 0.6 is 10.8 Å². The molecule has 0 spiro atoms. The molecule has 0 atom stereocenters. The lowest BCUT2D eigenvalue weighted by Crippen LogP contribution is -1.96. The van der Waals surface area contributed by atoms with Gasteiger partial charge in [0.15, 0.2) is 0 Å². The molecule has 0 amide bonds. The van der Waals surface area contributed by atoms with E-state index < -0.39 is 8.87 Å². The van der Waals surface area contributed by atoms with Gasteiger partial charge in [-0.15, -0.1) is 0 Å². The highest BCUT2D eigenvalue weighted by molar-refractivity contribution is 8.72. The fraction of sp³-hybridized carbons (Fsp3) is 0.400. The topological polar surface area (TPSA) is 34.1 Å². The van der Waals surface area contributed by atoms with Crippen molar-refractivity contribution >= 4 is 19.7 Å². The molecule has 0 saturated carbocycles. The number of aryl methyl sites for hydroxylation is 1. The van der Waals surface area contributed by atoms with Gasteiger partial charge in [-0.2, -0.15) is 0 Å². The minimum Gasteiger partial charge on any atom is -0.212 e. The average Bonchev–Trinajstić information content (AvgIpc) is 2.16. The van der Waals surface area contributed by atoms with Gasteiger partial charge in [-0.25, -0.2) is 8.42 Å². The standard InChI is InChI=1S/C10H14O2S2/c1-3-8-13-14(11,12)10-6-4-9(2)5-7-10/h4-7H,3,8H2,1-2H3. The van der Waals surface area contributed by atoms with Crippen molar-refractivity contribution in [3.8, 4) is 0 Å². The van der Waals surface area contributed by atoms with Crippen LogP contribution in [-0.2, 0) is 8.87 Å². The molecule has 0 aliphatic rings. The summed E-state index contributed by atoms with van der Waals surface area (Å²) < 4.78 is 23.3. The summed E-state index contributed by atoms with van der Waals surface area (Å²) in [6.45, 7) is 3.91. The van der Waals surface area contributed by atoms with Crippen LogP contribution < -0.4 is 0 Å². The van der Waals surface area contributed by atoms with E-state index in [1.807, 2.05) is 26.0 Å². The quantitative estimate of drug-likeness (QED) is 0.746. The summed E-state index contributed by atoms with van der Waals surface area (Å²) in [5.41, 5.74) is 1.07. The van der Waals surface area contributed by atoms with E-state index in [1.165, 1.54) is 0 Å². The van der Waals surface area contributed by atoms with Gasteiger partial charge in [0.1, 0.15) is 0 Å². The van der Waals surface area contributed by atoms with E-state index in [9.17, 15) is 8.42 Å². The van der Waals surface area contributed by atoms with E-state index in [1.54, 1.807) is 12.1 Å². The van der Waals surface area contributed by atoms with E-state index in [2.05, 4.69) is 0 Å². The van der Waals surface area contributed by atoms with Gasteiger partial charge in [0.2, 0.25) is 8.87 Å². The summed E-state index contributed by atoms with van der Waals surface area (Å²) in [5.74, 6) is 0.649. The predicted molar refractivity (Wildman–Crippen MR) is 61.1 cm³/mol. The van der Waals surface area contributed by atoms with E-state index in [0.29, 0.717) is 10.6 Å². The fourth-order valence-electron chi connectivity index (χ4n) is 0.966. The van der Waals surface area contributed by atoms with Crippen LogP contribution in [0.1, 0.15) is 18.9 Å². The lowest BCUT2D eigenvalue weighted by molar-refractivity contribution is 0.610. The van der Waals surface area contributed by atoms with Crippen LogP contribution in [0.25, 0.3) is 0 Å². The molecule has 2 nitrogen and oxygen atoms in total. The van der Waals surface area contributed by atoms with Crippen molar-refractivity contribution in [3.63, 3.8) is 0 Å². The van der Waals surface area contributed by atoms with Crippen molar-refractivity contribution in [2.75, 3.05) is 5.75 Å². The molecule has 0 aliphatic carbocycles. The van der Waals surface area contributed by atoms with Crippen LogP contribution in [0, 0.1) is 6.92 Å². The maximum Gasteiger partial charge on any atom is 0.229 e. The van der Waals surface area contributed by atoms with Gasteiger partial charge >= 0.3 is 0 Å². The lowest BCUT2D eigenvalue weighted by Gasteiger charge is -2.02. The minimum absolute atomic E-state index is 0.404. The Kier molecular flexibility index (Phi) is 4.01. The fourth-order valence-corrected chi connectivity index (χ4v) is 3.86. The molecule has 0 radical (unpaired) electrons. The van der Waals surface area contributed by atoms with Gasteiger partial charge in [-0.3, -0.25) is 0 Å². The predicted octanol–water partition coefficient (Wildman–Crippen LogP) is 2.83. The third-order valence-corrected chi connectivity index (χ3v) is 5.50. The molecule has 0 unspecified atom stereocenters. The Bertz CT molecular complexity index is 379. The SMILES string of the molecule is CCCSS(=O)(=O)c1ccc(C)cc1. The number of hydrogen-bond donors (Lipinski definition) is 0. The molecule has 0 aromatic heterocycles. The van der Waals surface area contributed by atoms with E-state index in [0.717, 1.165) is 22.8 Å². The minimum atomic E-state index is -3.12. The van der Waals surface area contributed by atoms with Crippen molar-refractivity contribution in [3.05, 3.63) is 29.8 Å². The summed E-state index contributed by atoms with van der Waals surface area (Å²) in [4.78, 5) is 0.404. The Balaban J connectivity index is 2.87. The first-order chi connectivity index (χ1) is 6.56. The monoisotopic (exact) mass is 230 g/mol. The maximum absolute atomic E-state index is 11.7. The molecule has 0 heterocycles. The van der Waals surface area contributed by atoms with Gasteiger partial charge in [0, 0.05) is 5.75 Å². The van der Waals surface area contributed by atoms with Crippen molar-refractivity contribution in [1.82, 2.24) is 0 Å². The summed E-state index contributed by atoms with van der Waals surface area (Å²) in [6, 6.07) is 6.96. The Morgan fingerprint density at radius 2 is 1.79 bits per heavy atom. The number of rotatable bonds is 4. The molecule has 0 aliphatic heterocycles. The molecule has 4 heteroatoms. The molecule has 0 bridgehead atoms. The Labute approximate surface area is 89.0 Å². The third kappa shape index (κ3) is 3.03. The van der Waals surface area contributed by atoms with Crippen molar-refractivity contribution in [2.24, 2.45) is 0 Å². The molecule has 0 saturated heterocycles. The van der Waals surface area contributed by atoms with E-state index in [-0.39, 0.29) is 0 Å². The number of benzene rings is 1. The second-order valence-electron chi connectivity index (χ2n) is 3.09. The second-order valence-corrected chi connectivity index (χ2v) is 7.14. The zero-order chi connectivity index (χ0) is 10.6. The van der Waals surface area contributed by atoms with Gasteiger partial charge in [-0.05, 0) is 36.3 Å². The molecule has 1 aromatic carbocycles. The van der Waals surface area contributed by atoms with Gasteiger partial charge in [0.05, 0.1) is 4.90 Å². The summed E-state index contributed by atoms with van der Waals surface area (Å²) in [6.07, 6.45) is 0.871. The Morgan fingerprint density at radius 1 is 1.21 bits per heavy atom. The van der Waals surface area contributed by atoms with Crippen LogP contribution in [0.15, 0.2) is 29.2 Å². The third-order valence-electron chi connectivity index (χ3n) is 1.75. The molecule has 14 heavy (non-hydrogen) atoms. The molecule has 1 aromatic rings. The van der Waals surface area contributed by atoms with E-state index >= 15 is 0 Å². The Hall–Kier alpha value is -0.480. The van der Waals surface area contributed by atoms with Crippen molar-refractivity contribution in [1.29, 1.82) is 0 Å². The zero-order valence-corrected chi connectivity index (χ0v) is 9.99. The van der Waals surface area contributed by atoms with Crippen LogP contribution in [0.2, 0.25) is 0 Å². The zero-order valence-electron chi connectivity index (χ0n) is 8.36.